The summed E-state index contributed by atoms with van der Waals surface area (Å²) in [6, 6.07) is 13.9. The van der Waals surface area contributed by atoms with E-state index in [-0.39, 0.29) is 5.82 Å². The second-order valence-corrected chi connectivity index (χ2v) is 6.14. The highest BCUT2D eigenvalue weighted by atomic mass is 32.2. The molecule has 2 aromatic rings. The number of allylic oxidation sites excluding steroid dienone is 2. The fourth-order valence-corrected chi connectivity index (χ4v) is 3.23. The second-order valence-electron chi connectivity index (χ2n) is 5.26. The van der Waals surface area contributed by atoms with E-state index < -0.39 is 0 Å². The Morgan fingerprint density at radius 1 is 1.10 bits per heavy atom. The van der Waals surface area contributed by atoms with Gasteiger partial charge in [0.15, 0.2) is 0 Å². The molecule has 0 heterocycles. The van der Waals surface area contributed by atoms with E-state index in [0.29, 0.717) is 0 Å². The first-order valence-electron chi connectivity index (χ1n) is 6.77. The fraction of sp³-hybridized carbons (Fsp3) is 0.222. The molecule has 0 saturated heterocycles. The van der Waals surface area contributed by atoms with E-state index in [9.17, 15) is 4.39 Å². The molecule has 20 heavy (non-hydrogen) atoms. The van der Waals surface area contributed by atoms with Gasteiger partial charge in [-0.15, -0.1) is 11.8 Å². The number of hydrogen-bond donors (Lipinski definition) is 0. The Kier molecular flexibility index (Phi) is 3.66. The number of thioether (sulfide) groups is 1. The van der Waals surface area contributed by atoms with Crippen molar-refractivity contribution in [2.24, 2.45) is 0 Å². The molecule has 2 heteroatoms. The van der Waals surface area contributed by atoms with Gasteiger partial charge in [0.05, 0.1) is 0 Å². The molecule has 0 amide bonds. The number of hydrogen-bond acceptors (Lipinski definition) is 1. The number of halogens is 1. The zero-order valence-corrected chi connectivity index (χ0v) is 12.6. The third-order valence-electron chi connectivity index (χ3n) is 3.90. The SMILES string of the molecule is CSc1ccc(CC2=C(C)Cc3cc(F)ccc32)cc1. The van der Waals surface area contributed by atoms with Crippen LogP contribution in [0, 0.1) is 5.82 Å². The first-order chi connectivity index (χ1) is 9.67. The molecular weight excluding hydrogens is 267 g/mol. The molecule has 0 saturated carbocycles. The lowest BCUT2D eigenvalue weighted by atomic mass is 9.98. The molecule has 0 atom stereocenters. The van der Waals surface area contributed by atoms with Crippen LogP contribution >= 0.6 is 11.8 Å². The molecule has 0 fully saturated rings. The summed E-state index contributed by atoms with van der Waals surface area (Å²) in [5.74, 6) is -0.137. The maximum atomic E-state index is 13.3. The molecule has 0 spiro atoms. The minimum atomic E-state index is -0.137. The molecule has 2 aromatic carbocycles. The van der Waals surface area contributed by atoms with Crippen molar-refractivity contribution in [2.45, 2.75) is 24.7 Å². The molecule has 0 aliphatic heterocycles. The van der Waals surface area contributed by atoms with Crippen LogP contribution in [0.2, 0.25) is 0 Å². The number of benzene rings is 2. The zero-order valence-electron chi connectivity index (χ0n) is 11.7. The Morgan fingerprint density at radius 2 is 1.85 bits per heavy atom. The van der Waals surface area contributed by atoms with Gasteiger partial charge in [-0.1, -0.05) is 23.8 Å². The largest absolute Gasteiger partial charge is 0.207 e. The topological polar surface area (TPSA) is 0 Å². The molecule has 3 rings (SSSR count). The highest BCUT2D eigenvalue weighted by Crippen LogP contribution is 2.35. The lowest BCUT2D eigenvalue weighted by Crippen LogP contribution is -1.91. The lowest BCUT2D eigenvalue weighted by Gasteiger charge is -2.08. The summed E-state index contributed by atoms with van der Waals surface area (Å²) < 4.78 is 13.3. The van der Waals surface area contributed by atoms with Crippen LogP contribution in [0.1, 0.15) is 23.6 Å². The van der Waals surface area contributed by atoms with Crippen molar-refractivity contribution in [3.63, 3.8) is 0 Å². The first-order valence-corrected chi connectivity index (χ1v) is 8.00. The van der Waals surface area contributed by atoms with Gasteiger partial charge in [0.25, 0.3) is 0 Å². The molecule has 0 radical (unpaired) electrons. The molecule has 102 valence electrons. The average molecular weight is 284 g/mol. The van der Waals surface area contributed by atoms with Crippen LogP contribution in [0.15, 0.2) is 52.9 Å². The average Bonchev–Trinajstić information content (AvgIpc) is 2.75. The van der Waals surface area contributed by atoms with Crippen molar-refractivity contribution >= 4 is 17.3 Å². The van der Waals surface area contributed by atoms with Gasteiger partial charge >= 0.3 is 0 Å². The first kappa shape index (κ1) is 13.4. The molecule has 0 nitrogen and oxygen atoms in total. The van der Waals surface area contributed by atoms with E-state index in [4.69, 9.17) is 0 Å². The number of rotatable bonds is 3. The maximum Gasteiger partial charge on any atom is 0.123 e. The van der Waals surface area contributed by atoms with Crippen LogP contribution in [-0.4, -0.2) is 6.26 Å². The van der Waals surface area contributed by atoms with Gasteiger partial charge < -0.3 is 0 Å². The predicted molar refractivity (Wildman–Crippen MR) is 84.6 cm³/mol. The Balaban J connectivity index is 1.89. The summed E-state index contributed by atoms with van der Waals surface area (Å²) in [5, 5.41) is 0. The van der Waals surface area contributed by atoms with Crippen molar-refractivity contribution in [2.75, 3.05) is 6.26 Å². The molecule has 0 bridgehead atoms. The van der Waals surface area contributed by atoms with Gasteiger partial charge in [0.1, 0.15) is 5.82 Å². The molecule has 0 unspecified atom stereocenters. The Morgan fingerprint density at radius 3 is 2.55 bits per heavy atom. The van der Waals surface area contributed by atoms with Crippen LogP contribution < -0.4 is 0 Å². The predicted octanol–water partition coefficient (Wildman–Crippen LogP) is 5.12. The van der Waals surface area contributed by atoms with Crippen molar-refractivity contribution in [3.05, 3.63) is 70.5 Å². The minimum absolute atomic E-state index is 0.137. The van der Waals surface area contributed by atoms with Crippen LogP contribution in [0.3, 0.4) is 0 Å². The molecule has 0 aromatic heterocycles. The van der Waals surface area contributed by atoms with Gasteiger partial charge in [-0.2, -0.15) is 0 Å². The summed E-state index contributed by atoms with van der Waals surface area (Å²) in [4.78, 5) is 1.29. The van der Waals surface area contributed by atoms with Crippen molar-refractivity contribution < 1.29 is 4.39 Å². The lowest BCUT2D eigenvalue weighted by molar-refractivity contribution is 0.626. The van der Waals surface area contributed by atoms with E-state index in [0.717, 1.165) is 18.4 Å². The third kappa shape index (κ3) is 2.53. The molecule has 1 aliphatic carbocycles. The van der Waals surface area contributed by atoms with Gasteiger partial charge in [-0.25, -0.2) is 4.39 Å². The van der Waals surface area contributed by atoms with Gasteiger partial charge in [-0.05, 0) is 72.6 Å². The van der Waals surface area contributed by atoms with Crippen LogP contribution in [0.4, 0.5) is 4.39 Å². The Hall–Kier alpha value is -1.54. The van der Waals surface area contributed by atoms with E-state index in [1.807, 2.05) is 6.07 Å². The van der Waals surface area contributed by atoms with Gasteiger partial charge in [-0.3, -0.25) is 0 Å². The van der Waals surface area contributed by atoms with Crippen LogP contribution in [-0.2, 0) is 12.8 Å². The van der Waals surface area contributed by atoms with E-state index in [2.05, 4.69) is 37.4 Å². The Labute approximate surface area is 123 Å². The zero-order chi connectivity index (χ0) is 14.1. The third-order valence-corrected chi connectivity index (χ3v) is 4.65. The fourth-order valence-electron chi connectivity index (χ4n) is 2.82. The van der Waals surface area contributed by atoms with Crippen LogP contribution in [0.25, 0.3) is 5.57 Å². The summed E-state index contributed by atoms with van der Waals surface area (Å²) in [7, 11) is 0. The number of fused-ring (bicyclic) bond motifs is 1. The summed E-state index contributed by atoms with van der Waals surface area (Å²) in [6.45, 7) is 2.16. The molecule has 0 N–H and O–H groups in total. The second kappa shape index (κ2) is 5.45. The summed E-state index contributed by atoms with van der Waals surface area (Å²) in [5.41, 5.74) is 6.38. The quantitative estimate of drug-likeness (QED) is 0.705. The van der Waals surface area contributed by atoms with Crippen LogP contribution in [0.5, 0.6) is 0 Å². The molecule has 1 aliphatic rings. The highest BCUT2D eigenvalue weighted by molar-refractivity contribution is 7.98. The maximum absolute atomic E-state index is 13.3. The van der Waals surface area contributed by atoms with Crippen molar-refractivity contribution in [3.8, 4) is 0 Å². The highest BCUT2D eigenvalue weighted by Gasteiger charge is 2.19. The van der Waals surface area contributed by atoms with Crippen molar-refractivity contribution in [1.82, 2.24) is 0 Å². The Bertz CT molecular complexity index is 668. The van der Waals surface area contributed by atoms with E-state index >= 15 is 0 Å². The van der Waals surface area contributed by atoms with E-state index in [1.54, 1.807) is 23.9 Å². The van der Waals surface area contributed by atoms with Gasteiger partial charge in [0, 0.05) is 4.90 Å². The van der Waals surface area contributed by atoms with Crippen molar-refractivity contribution in [1.29, 1.82) is 0 Å². The summed E-state index contributed by atoms with van der Waals surface area (Å²) in [6.07, 6.45) is 3.90. The van der Waals surface area contributed by atoms with Gasteiger partial charge in [0.2, 0.25) is 0 Å². The standard InChI is InChI=1S/C18H17FS/c1-12-9-14-11-15(19)5-8-17(14)18(12)10-13-3-6-16(20-2)7-4-13/h3-8,11H,9-10H2,1-2H3. The smallest absolute Gasteiger partial charge is 0.123 e. The van der Waals surface area contributed by atoms with E-state index in [1.165, 1.54) is 27.2 Å². The minimum Gasteiger partial charge on any atom is -0.207 e. The summed E-state index contributed by atoms with van der Waals surface area (Å²) >= 11 is 1.76. The molecular formula is C18H17FS. The monoisotopic (exact) mass is 284 g/mol. The normalized spacial score (nSPS) is 13.8.